The summed E-state index contributed by atoms with van der Waals surface area (Å²) in [5, 5.41) is 0. The van der Waals surface area contributed by atoms with Gasteiger partial charge in [0.05, 0.1) is 4.90 Å². The van der Waals surface area contributed by atoms with Gasteiger partial charge in [-0.1, -0.05) is 12.1 Å². The molecule has 6 heteroatoms. The first-order valence-electron chi connectivity index (χ1n) is 7.40. The summed E-state index contributed by atoms with van der Waals surface area (Å²) in [6, 6.07) is 7.57. The van der Waals surface area contributed by atoms with Gasteiger partial charge in [-0.05, 0) is 57.6 Å². The molecule has 1 aliphatic rings. The van der Waals surface area contributed by atoms with Gasteiger partial charge in [-0.25, -0.2) is 8.42 Å². The average Bonchev–Trinajstić information content (AvgIpc) is 2.48. The molecule has 1 heterocycles. The summed E-state index contributed by atoms with van der Waals surface area (Å²) >= 11 is 0. The highest BCUT2D eigenvalue weighted by Gasteiger charge is 2.29. The third kappa shape index (κ3) is 3.83. The number of nitrogens with two attached hydrogens (primary N) is 1. The van der Waals surface area contributed by atoms with Crippen molar-refractivity contribution in [3.8, 4) is 0 Å². The molecule has 0 unspecified atom stereocenters. The van der Waals surface area contributed by atoms with Crippen molar-refractivity contribution in [2.24, 2.45) is 5.73 Å². The van der Waals surface area contributed by atoms with Gasteiger partial charge >= 0.3 is 0 Å². The molecule has 0 aromatic heterocycles. The van der Waals surface area contributed by atoms with E-state index in [-0.39, 0.29) is 0 Å². The largest absolute Gasteiger partial charge is 0.330 e. The SMILES string of the molecule is CN(C)C1CCN(S(=O)(=O)c2ccc(CCN)cc2)CC1. The average molecular weight is 311 g/mol. The van der Waals surface area contributed by atoms with Gasteiger partial charge in [-0.15, -0.1) is 0 Å². The molecule has 5 nitrogen and oxygen atoms in total. The minimum Gasteiger partial charge on any atom is -0.330 e. The molecule has 0 aliphatic carbocycles. The zero-order valence-corrected chi connectivity index (χ0v) is 13.6. The van der Waals surface area contributed by atoms with Gasteiger partial charge in [0.25, 0.3) is 0 Å². The highest BCUT2D eigenvalue weighted by Crippen LogP contribution is 2.22. The van der Waals surface area contributed by atoms with Crippen LogP contribution in [0, 0.1) is 0 Å². The summed E-state index contributed by atoms with van der Waals surface area (Å²) in [4.78, 5) is 2.55. The zero-order chi connectivity index (χ0) is 15.5. The lowest BCUT2D eigenvalue weighted by atomic mass is 10.1. The molecule has 2 N–H and O–H groups in total. The van der Waals surface area contributed by atoms with Crippen molar-refractivity contribution in [1.29, 1.82) is 0 Å². The summed E-state index contributed by atoms with van der Waals surface area (Å²) in [5.74, 6) is 0. The number of benzene rings is 1. The first kappa shape index (κ1) is 16.4. The van der Waals surface area contributed by atoms with E-state index in [9.17, 15) is 8.42 Å². The maximum absolute atomic E-state index is 12.6. The molecule has 0 spiro atoms. The minimum atomic E-state index is -3.36. The molecule has 0 amide bonds. The highest BCUT2D eigenvalue weighted by atomic mass is 32.2. The first-order chi connectivity index (χ1) is 9.95. The first-order valence-corrected chi connectivity index (χ1v) is 8.84. The van der Waals surface area contributed by atoms with Gasteiger partial charge in [-0.2, -0.15) is 4.31 Å². The van der Waals surface area contributed by atoms with Crippen LogP contribution < -0.4 is 5.73 Å². The lowest BCUT2D eigenvalue weighted by Gasteiger charge is -2.34. The van der Waals surface area contributed by atoms with Crippen LogP contribution in [0.3, 0.4) is 0 Å². The molecule has 0 saturated carbocycles. The lowest BCUT2D eigenvalue weighted by Crippen LogP contribution is -2.44. The monoisotopic (exact) mass is 311 g/mol. The summed E-state index contributed by atoms with van der Waals surface area (Å²) in [5.41, 5.74) is 6.58. The Balaban J connectivity index is 2.08. The standard InChI is InChI=1S/C15H25N3O2S/c1-17(2)14-8-11-18(12-9-14)21(19,20)15-5-3-13(4-6-15)7-10-16/h3-6,14H,7-12,16H2,1-2H3. The fraction of sp³-hybridized carbons (Fsp3) is 0.600. The lowest BCUT2D eigenvalue weighted by molar-refractivity contribution is 0.196. The van der Waals surface area contributed by atoms with Crippen molar-refractivity contribution in [3.63, 3.8) is 0 Å². The minimum absolute atomic E-state index is 0.381. The molecular weight excluding hydrogens is 286 g/mol. The van der Waals surface area contributed by atoms with Gasteiger partial charge < -0.3 is 10.6 Å². The van der Waals surface area contributed by atoms with E-state index < -0.39 is 10.0 Å². The molecule has 1 fully saturated rings. The summed E-state index contributed by atoms with van der Waals surface area (Å²) in [7, 11) is 0.734. The van der Waals surface area contributed by atoms with Crippen molar-refractivity contribution < 1.29 is 8.42 Å². The molecule has 1 saturated heterocycles. The maximum atomic E-state index is 12.6. The molecule has 0 radical (unpaired) electrons. The molecular formula is C15H25N3O2S. The molecule has 0 bridgehead atoms. The number of sulfonamides is 1. The Labute approximate surface area is 127 Å². The number of hydrogen-bond acceptors (Lipinski definition) is 4. The number of hydrogen-bond donors (Lipinski definition) is 1. The normalized spacial score (nSPS) is 18.3. The van der Waals surface area contributed by atoms with Crippen molar-refractivity contribution in [1.82, 2.24) is 9.21 Å². The number of nitrogens with zero attached hydrogens (tertiary/aromatic N) is 2. The van der Waals surface area contributed by atoms with Crippen LogP contribution in [0.1, 0.15) is 18.4 Å². The Morgan fingerprint density at radius 3 is 2.24 bits per heavy atom. The highest BCUT2D eigenvalue weighted by molar-refractivity contribution is 7.89. The van der Waals surface area contributed by atoms with Gasteiger partial charge in [0.2, 0.25) is 10.0 Å². The fourth-order valence-corrected chi connectivity index (χ4v) is 4.21. The Bertz CT molecular complexity index is 547. The number of rotatable bonds is 5. The predicted molar refractivity (Wildman–Crippen MR) is 84.7 cm³/mol. The molecule has 1 aromatic carbocycles. The molecule has 2 rings (SSSR count). The van der Waals surface area contributed by atoms with Crippen LogP contribution in [-0.2, 0) is 16.4 Å². The van der Waals surface area contributed by atoms with Crippen LogP contribution in [0.4, 0.5) is 0 Å². The van der Waals surface area contributed by atoms with E-state index in [4.69, 9.17) is 5.73 Å². The van der Waals surface area contributed by atoms with E-state index in [1.807, 2.05) is 26.2 Å². The summed E-state index contributed by atoms with van der Waals surface area (Å²) in [6.07, 6.45) is 2.55. The van der Waals surface area contributed by atoms with Crippen molar-refractivity contribution in [3.05, 3.63) is 29.8 Å². The van der Waals surface area contributed by atoms with E-state index in [0.29, 0.717) is 30.6 Å². The number of piperidine rings is 1. The van der Waals surface area contributed by atoms with Crippen LogP contribution in [0.2, 0.25) is 0 Å². The van der Waals surface area contributed by atoms with Crippen LogP contribution >= 0.6 is 0 Å². The van der Waals surface area contributed by atoms with E-state index >= 15 is 0 Å². The smallest absolute Gasteiger partial charge is 0.243 e. The quantitative estimate of drug-likeness (QED) is 0.877. The Morgan fingerprint density at radius 1 is 1.19 bits per heavy atom. The van der Waals surface area contributed by atoms with Gasteiger partial charge in [-0.3, -0.25) is 0 Å². The summed E-state index contributed by atoms with van der Waals surface area (Å²) < 4.78 is 26.8. The van der Waals surface area contributed by atoms with Gasteiger partial charge in [0, 0.05) is 19.1 Å². The van der Waals surface area contributed by atoms with Crippen LogP contribution in [0.15, 0.2) is 29.2 Å². The second-order valence-electron chi connectivity index (χ2n) is 5.78. The summed E-state index contributed by atoms with van der Waals surface area (Å²) in [6.45, 7) is 1.76. The van der Waals surface area contributed by atoms with Crippen LogP contribution in [-0.4, -0.2) is 57.4 Å². The third-order valence-corrected chi connectivity index (χ3v) is 6.06. The Hall–Kier alpha value is -0.950. The predicted octanol–water partition coefficient (Wildman–Crippen LogP) is 0.903. The van der Waals surface area contributed by atoms with E-state index in [1.165, 1.54) is 0 Å². The topological polar surface area (TPSA) is 66.6 Å². The van der Waals surface area contributed by atoms with Gasteiger partial charge in [0.1, 0.15) is 0 Å². The maximum Gasteiger partial charge on any atom is 0.243 e. The van der Waals surface area contributed by atoms with Gasteiger partial charge in [0.15, 0.2) is 0 Å². The van der Waals surface area contributed by atoms with Crippen LogP contribution in [0.25, 0.3) is 0 Å². The third-order valence-electron chi connectivity index (χ3n) is 4.15. The molecule has 0 atom stereocenters. The molecule has 21 heavy (non-hydrogen) atoms. The fourth-order valence-electron chi connectivity index (χ4n) is 2.74. The molecule has 118 valence electrons. The van der Waals surface area contributed by atoms with E-state index in [1.54, 1.807) is 16.4 Å². The molecule has 1 aromatic rings. The van der Waals surface area contributed by atoms with E-state index in [2.05, 4.69) is 4.90 Å². The second-order valence-corrected chi connectivity index (χ2v) is 7.72. The van der Waals surface area contributed by atoms with Crippen molar-refractivity contribution >= 4 is 10.0 Å². The Kier molecular flexibility index (Phi) is 5.37. The van der Waals surface area contributed by atoms with Crippen LogP contribution in [0.5, 0.6) is 0 Å². The zero-order valence-electron chi connectivity index (χ0n) is 12.8. The Morgan fingerprint density at radius 2 is 1.76 bits per heavy atom. The second kappa shape index (κ2) is 6.87. The van der Waals surface area contributed by atoms with E-state index in [0.717, 1.165) is 24.8 Å². The molecule has 1 aliphatic heterocycles. The van der Waals surface area contributed by atoms with Crippen molar-refractivity contribution in [2.75, 3.05) is 33.7 Å². The van der Waals surface area contributed by atoms with Crippen molar-refractivity contribution in [2.45, 2.75) is 30.2 Å².